The number of rotatable bonds is 15. The van der Waals surface area contributed by atoms with Crippen LogP contribution in [0, 0.1) is 0 Å². The Balaban J connectivity index is 1.58. The summed E-state index contributed by atoms with van der Waals surface area (Å²) in [6.07, 6.45) is 13.1. The molecule has 2 aromatic rings. The van der Waals surface area contributed by atoms with Crippen LogP contribution in [0.15, 0.2) is 48.8 Å². The molecule has 0 saturated carbocycles. The highest BCUT2D eigenvalue weighted by Gasteiger charge is 2.00. The minimum absolute atomic E-state index is 0.648. The molecule has 0 aliphatic carbocycles. The van der Waals surface area contributed by atoms with Crippen molar-refractivity contribution in [3.05, 3.63) is 59.9 Å². The fraction of sp³-hybridized carbons (Fsp3) is 0.480. The van der Waals surface area contributed by atoms with Gasteiger partial charge >= 0.3 is 0 Å². The van der Waals surface area contributed by atoms with E-state index in [1.54, 1.807) is 0 Å². The number of halogens is 1. The van der Waals surface area contributed by atoms with Crippen LogP contribution in [0.5, 0.6) is 0 Å². The van der Waals surface area contributed by atoms with Gasteiger partial charge < -0.3 is 14.4 Å². The summed E-state index contributed by atoms with van der Waals surface area (Å²) in [5.74, 6) is 0.762. The zero-order valence-corrected chi connectivity index (χ0v) is 19.2. The predicted octanol–water partition coefficient (Wildman–Crippen LogP) is 5.04. The van der Waals surface area contributed by atoms with Gasteiger partial charge in [0.2, 0.25) is 0 Å². The normalized spacial score (nSPS) is 11.3. The largest absolute Gasteiger partial charge is 0.379 e. The molecule has 0 aliphatic rings. The molecular weight excluding hydrogens is 396 g/mol. The highest BCUT2D eigenvalue weighted by atomic mass is 35.5. The molecule has 1 heterocycles. The van der Waals surface area contributed by atoms with E-state index in [1.165, 1.54) is 29.7 Å². The van der Waals surface area contributed by atoms with Crippen LogP contribution in [0.2, 0.25) is 0 Å². The van der Waals surface area contributed by atoms with E-state index in [0.717, 1.165) is 31.9 Å². The molecule has 0 fully saturated rings. The van der Waals surface area contributed by atoms with Crippen molar-refractivity contribution in [2.75, 3.05) is 51.3 Å². The zero-order chi connectivity index (χ0) is 21.4. The Morgan fingerprint density at radius 2 is 1.37 bits per heavy atom. The van der Waals surface area contributed by atoms with Crippen LogP contribution in [0.3, 0.4) is 0 Å². The number of nitrogens with zero attached hydrogens (tertiary/aromatic N) is 2. The fourth-order valence-electron chi connectivity index (χ4n) is 2.95. The summed E-state index contributed by atoms with van der Waals surface area (Å²) in [4.78, 5) is 2.10. The third-order valence-corrected chi connectivity index (χ3v) is 5.10. The van der Waals surface area contributed by atoms with Crippen molar-refractivity contribution in [1.29, 1.82) is 0 Å². The van der Waals surface area contributed by atoms with Crippen molar-refractivity contribution in [2.24, 2.45) is 0 Å². The van der Waals surface area contributed by atoms with E-state index in [1.807, 2.05) is 0 Å². The van der Waals surface area contributed by atoms with Gasteiger partial charge in [-0.25, -0.2) is 4.57 Å². The van der Waals surface area contributed by atoms with Gasteiger partial charge in [-0.2, -0.15) is 0 Å². The van der Waals surface area contributed by atoms with Crippen LogP contribution in [-0.4, -0.2) is 46.4 Å². The lowest BCUT2D eigenvalue weighted by atomic mass is 10.1. The number of alkyl halides is 1. The Bertz CT molecular complexity index is 715. The van der Waals surface area contributed by atoms with Crippen LogP contribution in [-0.2, 0) is 16.0 Å². The highest BCUT2D eigenvalue weighted by Crippen LogP contribution is 2.14. The molecule has 0 N–H and O–H groups in total. The molecule has 30 heavy (non-hydrogen) atoms. The molecule has 0 saturated heterocycles. The first-order chi connectivity index (χ1) is 14.7. The van der Waals surface area contributed by atoms with Gasteiger partial charge in [-0.1, -0.05) is 37.1 Å². The molecule has 0 amide bonds. The Kier molecular flexibility index (Phi) is 12.2. The lowest BCUT2D eigenvalue weighted by molar-refractivity contribution is -0.698. The number of benzene rings is 1. The fourth-order valence-corrected chi connectivity index (χ4v) is 3.14. The average molecular weight is 432 g/mol. The molecule has 0 aliphatic heterocycles. The Morgan fingerprint density at radius 1 is 0.767 bits per heavy atom. The van der Waals surface area contributed by atoms with Gasteiger partial charge in [-0.3, -0.25) is 0 Å². The van der Waals surface area contributed by atoms with Crippen molar-refractivity contribution in [3.8, 4) is 0 Å². The molecule has 0 unspecified atom stereocenters. The third kappa shape index (κ3) is 10.2. The Labute approximate surface area is 187 Å². The second-order valence-electron chi connectivity index (χ2n) is 7.52. The summed E-state index contributed by atoms with van der Waals surface area (Å²) >= 11 is 5.66. The van der Waals surface area contributed by atoms with E-state index in [9.17, 15) is 0 Å². The molecule has 0 radical (unpaired) electrons. The topological polar surface area (TPSA) is 25.6 Å². The van der Waals surface area contributed by atoms with E-state index in [-0.39, 0.29) is 0 Å². The maximum Gasteiger partial charge on any atom is 0.171 e. The van der Waals surface area contributed by atoms with E-state index in [4.69, 9.17) is 21.1 Å². The summed E-state index contributed by atoms with van der Waals surface area (Å²) < 4.78 is 13.4. The number of hydrogen-bond acceptors (Lipinski definition) is 3. The smallest absolute Gasteiger partial charge is 0.171 e. The number of unbranched alkanes of at least 4 members (excludes halogenated alkanes) is 3. The number of hydrogen-bond donors (Lipinski definition) is 0. The van der Waals surface area contributed by atoms with E-state index in [2.05, 4.69) is 84.5 Å². The molecule has 4 nitrogen and oxygen atoms in total. The first-order valence-electron chi connectivity index (χ1n) is 10.8. The van der Waals surface area contributed by atoms with Crippen molar-refractivity contribution < 1.29 is 14.0 Å². The van der Waals surface area contributed by atoms with Crippen molar-refractivity contribution in [1.82, 2.24) is 0 Å². The van der Waals surface area contributed by atoms with Gasteiger partial charge in [0.25, 0.3) is 0 Å². The van der Waals surface area contributed by atoms with E-state index < -0.39 is 0 Å². The molecular formula is C25H36ClN2O2+. The zero-order valence-electron chi connectivity index (χ0n) is 18.4. The van der Waals surface area contributed by atoms with E-state index in [0.29, 0.717) is 19.8 Å². The van der Waals surface area contributed by atoms with Crippen molar-refractivity contribution in [2.45, 2.75) is 32.2 Å². The maximum atomic E-state index is 5.66. The van der Waals surface area contributed by atoms with Crippen LogP contribution < -0.4 is 9.47 Å². The Hall–Kier alpha value is -1.88. The standard InChI is InChI=1S/C25H36ClN2O2/c1-27(2)25-11-9-23(10-12-25)7-8-24-13-16-28(17-14-24)18-20-30-22-21-29-19-6-4-3-5-15-26/h7-14,16-17H,3-6,15,18-22H2,1-2H3/q+1. The van der Waals surface area contributed by atoms with Gasteiger partial charge in [0.1, 0.15) is 6.61 Å². The maximum absolute atomic E-state index is 5.66. The predicted molar refractivity (Wildman–Crippen MR) is 127 cm³/mol. The minimum Gasteiger partial charge on any atom is -0.379 e. The summed E-state index contributed by atoms with van der Waals surface area (Å²) in [7, 11) is 4.10. The molecule has 0 bridgehead atoms. The molecule has 2 rings (SSSR count). The highest BCUT2D eigenvalue weighted by molar-refractivity contribution is 6.17. The monoisotopic (exact) mass is 431 g/mol. The first kappa shape index (κ1) is 24.4. The van der Waals surface area contributed by atoms with Crippen LogP contribution in [0.1, 0.15) is 36.8 Å². The van der Waals surface area contributed by atoms with Crippen LogP contribution in [0.25, 0.3) is 12.2 Å². The molecule has 1 aromatic carbocycles. The number of aromatic nitrogens is 1. The summed E-state index contributed by atoms with van der Waals surface area (Å²) in [5, 5.41) is 0. The quantitative estimate of drug-likeness (QED) is 0.224. The van der Waals surface area contributed by atoms with Gasteiger partial charge in [-0.05, 0) is 36.1 Å². The molecule has 0 spiro atoms. The summed E-state index contributed by atoms with van der Waals surface area (Å²) in [6.45, 7) is 3.66. The van der Waals surface area contributed by atoms with Gasteiger partial charge in [0.05, 0.1) is 13.2 Å². The third-order valence-electron chi connectivity index (χ3n) is 4.83. The number of ether oxygens (including phenoxy) is 2. The summed E-state index contributed by atoms with van der Waals surface area (Å²) in [6, 6.07) is 12.8. The molecule has 5 heteroatoms. The molecule has 1 aromatic heterocycles. The van der Waals surface area contributed by atoms with Crippen LogP contribution >= 0.6 is 11.6 Å². The summed E-state index contributed by atoms with van der Waals surface area (Å²) in [5.41, 5.74) is 3.59. The first-order valence-corrected chi connectivity index (χ1v) is 11.4. The van der Waals surface area contributed by atoms with Crippen molar-refractivity contribution in [3.63, 3.8) is 0 Å². The van der Waals surface area contributed by atoms with Crippen LogP contribution in [0.4, 0.5) is 5.69 Å². The average Bonchev–Trinajstić information content (AvgIpc) is 2.77. The second-order valence-corrected chi connectivity index (χ2v) is 7.89. The van der Waals surface area contributed by atoms with Crippen molar-refractivity contribution >= 4 is 29.4 Å². The minimum atomic E-state index is 0.648. The lowest BCUT2D eigenvalue weighted by Crippen LogP contribution is -2.35. The lowest BCUT2D eigenvalue weighted by Gasteiger charge is -2.11. The Morgan fingerprint density at radius 3 is 2.00 bits per heavy atom. The van der Waals surface area contributed by atoms with Gasteiger partial charge in [0, 0.05) is 44.4 Å². The number of anilines is 1. The van der Waals surface area contributed by atoms with E-state index >= 15 is 0 Å². The van der Waals surface area contributed by atoms with Gasteiger partial charge in [0.15, 0.2) is 18.9 Å². The molecule has 164 valence electrons. The number of pyridine rings is 1. The second kappa shape index (κ2) is 15.0. The SMILES string of the molecule is CN(C)c1ccc(/C=C/c2cc[n+](CCOCCOCCCCCCCl)cc2)cc1. The van der Waals surface area contributed by atoms with Gasteiger partial charge in [-0.15, -0.1) is 11.6 Å². The molecule has 0 atom stereocenters.